The summed E-state index contributed by atoms with van der Waals surface area (Å²) in [5.74, 6) is 0.858. The monoisotopic (exact) mass is 352 g/mol. The van der Waals surface area contributed by atoms with Gasteiger partial charge in [0.1, 0.15) is 17.7 Å². The molecule has 1 aromatic rings. The van der Waals surface area contributed by atoms with Gasteiger partial charge < -0.3 is 24.0 Å². The fourth-order valence-electron chi connectivity index (χ4n) is 2.49. The van der Waals surface area contributed by atoms with Crippen LogP contribution in [-0.4, -0.2) is 73.1 Å². The summed E-state index contributed by atoms with van der Waals surface area (Å²) in [6.45, 7) is 9.72. The van der Waals surface area contributed by atoms with Crippen molar-refractivity contribution in [2.24, 2.45) is 0 Å². The molecule has 1 aliphatic heterocycles. The molecule has 1 amide bonds. The smallest absolute Gasteiger partial charge is 0.410 e. The van der Waals surface area contributed by atoms with Crippen LogP contribution in [-0.2, 0) is 20.8 Å². The van der Waals surface area contributed by atoms with Gasteiger partial charge >= 0.3 is 6.09 Å². The van der Waals surface area contributed by atoms with E-state index in [4.69, 9.17) is 14.2 Å². The highest BCUT2D eigenvalue weighted by Crippen LogP contribution is 2.20. The average Bonchev–Trinajstić information content (AvgIpc) is 2.58. The summed E-state index contributed by atoms with van der Waals surface area (Å²) in [5.41, 5.74) is 0.456. The maximum Gasteiger partial charge on any atom is 0.410 e. The van der Waals surface area contributed by atoms with Crippen LogP contribution in [0.5, 0.6) is 0 Å². The zero-order chi connectivity index (χ0) is 18.3. The van der Waals surface area contributed by atoms with Crippen molar-refractivity contribution in [3.8, 4) is 0 Å². The SMILES string of the molecule is COCCOCc1cncnc1N1CCN(C(=O)OC(C)(C)C)CC1. The quantitative estimate of drug-likeness (QED) is 0.721. The third-order valence-corrected chi connectivity index (χ3v) is 3.68. The number of carbonyl (C=O) groups excluding carboxylic acids is 1. The molecular weight excluding hydrogens is 324 g/mol. The van der Waals surface area contributed by atoms with Crippen LogP contribution in [0.3, 0.4) is 0 Å². The lowest BCUT2D eigenvalue weighted by Gasteiger charge is -2.36. The molecule has 0 aliphatic carbocycles. The number of carbonyl (C=O) groups is 1. The van der Waals surface area contributed by atoms with Gasteiger partial charge in [0.05, 0.1) is 19.8 Å². The first-order valence-electron chi connectivity index (χ1n) is 8.49. The lowest BCUT2D eigenvalue weighted by molar-refractivity contribution is 0.0240. The molecule has 2 rings (SSSR count). The summed E-state index contributed by atoms with van der Waals surface area (Å²) in [5, 5.41) is 0. The lowest BCUT2D eigenvalue weighted by Crippen LogP contribution is -2.50. The molecule has 1 saturated heterocycles. The first-order valence-corrected chi connectivity index (χ1v) is 8.49. The predicted molar refractivity (Wildman–Crippen MR) is 93.6 cm³/mol. The third kappa shape index (κ3) is 6.13. The summed E-state index contributed by atoms with van der Waals surface area (Å²) in [4.78, 5) is 24.5. The molecule has 0 saturated carbocycles. The van der Waals surface area contributed by atoms with E-state index in [2.05, 4.69) is 14.9 Å². The van der Waals surface area contributed by atoms with Gasteiger partial charge in [-0.15, -0.1) is 0 Å². The van der Waals surface area contributed by atoms with Crippen LogP contribution in [0.4, 0.5) is 10.6 Å². The first kappa shape index (κ1) is 19.4. The molecule has 2 heterocycles. The number of ether oxygens (including phenoxy) is 3. The molecule has 140 valence electrons. The number of anilines is 1. The van der Waals surface area contributed by atoms with Gasteiger partial charge in [0.2, 0.25) is 0 Å². The standard InChI is InChI=1S/C17H28N4O4/c1-17(2,3)25-16(22)21-7-5-20(6-8-21)15-14(11-18-13-19-15)12-24-10-9-23-4/h11,13H,5-10,12H2,1-4H3. The van der Waals surface area contributed by atoms with Crippen molar-refractivity contribution in [1.29, 1.82) is 0 Å². The Kier molecular flexibility index (Phi) is 6.95. The maximum absolute atomic E-state index is 12.2. The molecule has 8 nitrogen and oxygen atoms in total. The van der Waals surface area contributed by atoms with E-state index in [1.807, 2.05) is 20.8 Å². The van der Waals surface area contributed by atoms with E-state index in [1.165, 1.54) is 6.33 Å². The molecular formula is C17H28N4O4. The second-order valence-corrected chi connectivity index (χ2v) is 6.87. The zero-order valence-corrected chi connectivity index (χ0v) is 15.5. The molecule has 0 atom stereocenters. The molecule has 1 aliphatic rings. The lowest BCUT2D eigenvalue weighted by atomic mass is 10.2. The van der Waals surface area contributed by atoms with E-state index in [0.717, 1.165) is 11.4 Å². The molecule has 0 aromatic carbocycles. The van der Waals surface area contributed by atoms with Gasteiger partial charge in [-0.05, 0) is 20.8 Å². The van der Waals surface area contributed by atoms with Crippen molar-refractivity contribution in [2.75, 3.05) is 51.4 Å². The average molecular weight is 352 g/mol. The van der Waals surface area contributed by atoms with Crippen LogP contribution >= 0.6 is 0 Å². The normalized spacial score (nSPS) is 15.4. The van der Waals surface area contributed by atoms with Gasteiger partial charge in [0.25, 0.3) is 0 Å². The molecule has 0 spiro atoms. The van der Waals surface area contributed by atoms with Gasteiger partial charge in [0, 0.05) is 45.0 Å². The Morgan fingerprint density at radius 3 is 2.56 bits per heavy atom. The van der Waals surface area contributed by atoms with E-state index >= 15 is 0 Å². The number of piperazine rings is 1. The van der Waals surface area contributed by atoms with Crippen molar-refractivity contribution in [3.63, 3.8) is 0 Å². The first-order chi connectivity index (χ1) is 11.9. The van der Waals surface area contributed by atoms with E-state index in [1.54, 1.807) is 18.2 Å². The molecule has 25 heavy (non-hydrogen) atoms. The summed E-state index contributed by atoms with van der Waals surface area (Å²) >= 11 is 0. The van der Waals surface area contributed by atoms with E-state index in [-0.39, 0.29) is 6.09 Å². The minimum atomic E-state index is -0.479. The largest absolute Gasteiger partial charge is 0.444 e. The van der Waals surface area contributed by atoms with Crippen LogP contribution < -0.4 is 4.90 Å². The number of methoxy groups -OCH3 is 1. The zero-order valence-electron chi connectivity index (χ0n) is 15.5. The van der Waals surface area contributed by atoms with E-state index in [0.29, 0.717) is 46.0 Å². The van der Waals surface area contributed by atoms with Gasteiger partial charge in [-0.25, -0.2) is 14.8 Å². The minimum absolute atomic E-state index is 0.266. The number of amides is 1. The molecule has 0 N–H and O–H groups in total. The Morgan fingerprint density at radius 1 is 1.20 bits per heavy atom. The summed E-state index contributed by atoms with van der Waals surface area (Å²) < 4.78 is 16.0. The molecule has 8 heteroatoms. The highest BCUT2D eigenvalue weighted by molar-refractivity contribution is 5.68. The van der Waals surface area contributed by atoms with Crippen molar-refractivity contribution in [1.82, 2.24) is 14.9 Å². The van der Waals surface area contributed by atoms with Crippen molar-refractivity contribution in [2.45, 2.75) is 33.0 Å². The molecule has 1 aromatic heterocycles. The van der Waals surface area contributed by atoms with Gasteiger partial charge in [-0.3, -0.25) is 0 Å². The van der Waals surface area contributed by atoms with Gasteiger partial charge in [0.15, 0.2) is 0 Å². The molecule has 0 radical (unpaired) electrons. The van der Waals surface area contributed by atoms with Crippen LogP contribution in [0, 0.1) is 0 Å². The Labute approximate surface area is 149 Å². The number of hydrogen-bond acceptors (Lipinski definition) is 7. The van der Waals surface area contributed by atoms with Crippen molar-refractivity contribution < 1.29 is 19.0 Å². The van der Waals surface area contributed by atoms with Gasteiger partial charge in [-0.1, -0.05) is 0 Å². The number of rotatable bonds is 6. The highest BCUT2D eigenvalue weighted by atomic mass is 16.6. The molecule has 0 bridgehead atoms. The maximum atomic E-state index is 12.2. The van der Waals surface area contributed by atoms with Crippen LogP contribution in [0.15, 0.2) is 12.5 Å². The summed E-state index contributed by atoms with van der Waals surface area (Å²) in [6.07, 6.45) is 3.04. The number of hydrogen-bond donors (Lipinski definition) is 0. The number of nitrogens with zero attached hydrogens (tertiary/aromatic N) is 4. The third-order valence-electron chi connectivity index (χ3n) is 3.68. The fourth-order valence-corrected chi connectivity index (χ4v) is 2.49. The van der Waals surface area contributed by atoms with Crippen LogP contribution in [0.25, 0.3) is 0 Å². The Hall–Kier alpha value is -1.93. The van der Waals surface area contributed by atoms with Crippen LogP contribution in [0.2, 0.25) is 0 Å². The topological polar surface area (TPSA) is 77.0 Å². The summed E-state index contributed by atoms with van der Waals surface area (Å²) in [7, 11) is 1.64. The summed E-state index contributed by atoms with van der Waals surface area (Å²) in [6, 6.07) is 0. The Morgan fingerprint density at radius 2 is 1.92 bits per heavy atom. The Bertz CT molecular complexity index is 554. The number of aromatic nitrogens is 2. The molecule has 1 fully saturated rings. The van der Waals surface area contributed by atoms with Crippen molar-refractivity contribution in [3.05, 3.63) is 18.1 Å². The fraction of sp³-hybridized carbons (Fsp3) is 0.706. The van der Waals surface area contributed by atoms with Crippen molar-refractivity contribution >= 4 is 11.9 Å². The van der Waals surface area contributed by atoms with Gasteiger partial charge in [-0.2, -0.15) is 0 Å². The van der Waals surface area contributed by atoms with E-state index in [9.17, 15) is 4.79 Å². The highest BCUT2D eigenvalue weighted by Gasteiger charge is 2.27. The second-order valence-electron chi connectivity index (χ2n) is 6.87. The van der Waals surface area contributed by atoms with E-state index < -0.39 is 5.60 Å². The minimum Gasteiger partial charge on any atom is -0.444 e. The predicted octanol–water partition coefficient (Wildman–Crippen LogP) is 1.70. The second kappa shape index (κ2) is 8.96. The van der Waals surface area contributed by atoms with Crippen LogP contribution in [0.1, 0.15) is 26.3 Å². The molecule has 0 unspecified atom stereocenters. The Balaban J connectivity index is 1.91.